The van der Waals surface area contributed by atoms with Gasteiger partial charge in [-0.1, -0.05) is 46.6 Å². The van der Waals surface area contributed by atoms with Crippen LogP contribution >= 0.6 is 23.2 Å². The molecule has 3 aromatic rings. The van der Waals surface area contributed by atoms with Gasteiger partial charge in [0.1, 0.15) is 23.0 Å². The highest BCUT2D eigenvalue weighted by atomic mass is 35.5. The van der Waals surface area contributed by atoms with Gasteiger partial charge >= 0.3 is 6.36 Å². The minimum absolute atomic E-state index is 0.325. The number of nitrogens with zero attached hydrogens (tertiary/aromatic N) is 3. The summed E-state index contributed by atoms with van der Waals surface area (Å²) in [4.78, 5) is 18.7. The van der Waals surface area contributed by atoms with E-state index in [1.165, 1.54) is 12.1 Å². The average Bonchev–Trinajstić information content (AvgIpc) is 3.19. The summed E-state index contributed by atoms with van der Waals surface area (Å²) in [6.45, 7) is 4.53. The molecule has 1 spiro atoms. The van der Waals surface area contributed by atoms with Crippen molar-refractivity contribution in [2.24, 2.45) is 5.18 Å². The number of rotatable bonds is 6. The molecule has 0 aliphatic carbocycles. The smallest absolute Gasteiger partial charge is 0.406 e. The molecule has 0 bridgehead atoms. The molecule has 2 aliphatic rings. The average molecular weight is 580 g/mol. The zero-order valence-electron chi connectivity index (χ0n) is 21.2. The molecule has 3 heterocycles. The standard InChI is InChI=1S/C28H26Cl2F3N3O3/c1-26(2,35-37)25(17-5-7-21(8-6-17)38-28(31,32)33)36-12-9-27(10-13-36)24-22(4-3-11-34-24)23(39-27)18-14-19(29)16-20(30)15-18/h3-8,11,14-16,23,25H,9-10,12-13H2,1-2H3. The Bertz CT molecular complexity index is 1340. The van der Waals surface area contributed by atoms with Crippen LogP contribution in [0, 0.1) is 4.91 Å². The van der Waals surface area contributed by atoms with Crippen LogP contribution in [-0.4, -0.2) is 34.9 Å². The highest BCUT2D eigenvalue weighted by Gasteiger charge is 2.50. The first-order chi connectivity index (χ1) is 18.4. The molecule has 2 aromatic carbocycles. The Morgan fingerprint density at radius 2 is 1.72 bits per heavy atom. The first kappa shape index (κ1) is 27.8. The number of pyridine rings is 1. The van der Waals surface area contributed by atoms with E-state index in [2.05, 4.69) is 14.8 Å². The molecule has 6 nitrogen and oxygen atoms in total. The van der Waals surface area contributed by atoms with Crippen molar-refractivity contribution in [3.63, 3.8) is 0 Å². The van der Waals surface area contributed by atoms with Crippen molar-refractivity contribution in [3.8, 4) is 5.75 Å². The van der Waals surface area contributed by atoms with Gasteiger partial charge in [0.2, 0.25) is 0 Å². The molecule has 0 radical (unpaired) electrons. The van der Waals surface area contributed by atoms with Gasteiger partial charge in [-0.3, -0.25) is 9.88 Å². The van der Waals surface area contributed by atoms with Crippen LogP contribution in [0.5, 0.6) is 5.75 Å². The van der Waals surface area contributed by atoms with Gasteiger partial charge in [-0.05, 0) is 74.2 Å². The number of piperidine rings is 1. The second kappa shape index (κ2) is 10.4. The van der Waals surface area contributed by atoms with E-state index in [0.29, 0.717) is 41.5 Å². The maximum absolute atomic E-state index is 12.6. The highest BCUT2D eigenvalue weighted by Crippen LogP contribution is 2.52. The maximum Gasteiger partial charge on any atom is 0.573 e. The topological polar surface area (TPSA) is 64.0 Å². The van der Waals surface area contributed by atoms with Crippen LogP contribution in [0.15, 0.2) is 66.0 Å². The predicted molar refractivity (Wildman–Crippen MR) is 142 cm³/mol. The number of likely N-dealkylation sites (tertiary alicyclic amines) is 1. The number of aromatic nitrogens is 1. The molecule has 1 aromatic heterocycles. The van der Waals surface area contributed by atoms with Gasteiger partial charge in [0, 0.05) is 34.9 Å². The van der Waals surface area contributed by atoms with E-state index in [1.807, 2.05) is 24.3 Å². The SMILES string of the molecule is CC(C)(N=O)C(c1ccc(OC(F)(F)F)cc1)N1CCC2(CC1)OC(c1cc(Cl)cc(Cl)c1)c1cccnc12. The highest BCUT2D eigenvalue weighted by molar-refractivity contribution is 6.34. The van der Waals surface area contributed by atoms with Crippen molar-refractivity contribution < 1.29 is 22.6 Å². The van der Waals surface area contributed by atoms with E-state index in [-0.39, 0.29) is 11.9 Å². The summed E-state index contributed by atoms with van der Waals surface area (Å²) in [6, 6.07) is 14.3. The third kappa shape index (κ3) is 5.63. The molecule has 0 saturated carbocycles. The molecule has 2 aliphatic heterocycles. The van der Waals surface area contributed by atoms with Crippen LogP contribution in [0.25, 0.3) is 0 Å². The number of hydrogen-bond acceptors (Lipinski definition) is 6. The summed E-state index contributed by atoms with van der Waals surface area (Å²) < 4.78 is 48.7. The van der Waals surface area contributed by atoms with Gasteiger partial charge in [0.15, 0.2) is 0 Å². The largest absolute Gasteiger partial charge is 0.573 e. The fourth-order valence-electron chi connectivity index (χ4n) is 5.79. The molecule has 11 heteroatoms. The van der Waals surface area contributed by atoms with Crippen molar-refractivity contribution in [1.82, 2.24) is 9.88 Å². The molecule has 206 valence electrons. The molecule has 0 amide bonds. The Labute approximate surface area is 234 Å². The van der Waals surface area contributed by atoms with E-state index in [1.54, 1.807) is 38.2 Å². The van der Waals surface area contributed by atoms with Crippen molar-refractivity contribution in [3.05, 3.63) is 98.1 Å². The van der Waals surface area contributed by atoms with Crippen molar-refractivity contribution in [1.29, 1.82) is 0 Å². The van der Waals surface area contributed by atoms with Crippen molar-refractivity contribution >= 4 is 23.2 Å². The normalized spacial score (nSPS) is 20.0. The molecular weight excluding hydrogens is 554 g/mol. The van der Waals surface area contributed by atoms with Gasteiger partial charge < -0.3 is 9.47 Å². The van der Waals surface area contributed by atoms with E-state index in [9.17, 15) is 18.1 Å². The Morgan fingerprint density at radius 1 is 1.08 bits per heavy atom. The second-order valence-corrected chi connectivity index (χ2v) is 11.3. The fourth-order valence-corrected chi connectivity index (χ4v) is 6.34. The van der Waals surface area contributed by atoms with Crippen LogP contribution in [0.1, 0.15) is 61.2 Å². The van der Waals surface area contributed by atoms with Crippen LogP contribution in [0.2, 0.25) is 10.0 Å². The molecule has 0 N–H and O–H groups in total. The van der Waals surface area contributed by atoms with Gasteiger partial charge in [-0.15, -0.1) is 13.2 Å². The predicted octanol–water partition coefficient (Wildman–Crippen LogP) is 7.98. The van der Waals surface area contributed by atoms with Crippen LogP contribution in [0.3, 0.4) is 0 Å². The molecule has 2 unspecified atom stereocenters. The summed E-state index contributed by atoms with van der Waals surface area (Å²) in [5.41, 5.74) is 1.62. The summed E-state index contributed by atoms with van der Waals surface area (Å²) >= 11 is 12.6. The molecule has 1 saturated heterocycles. The number of fused-ring (bicyclic) bond motifs is 2. The summed E-state index contributed by atoms with van der Waals surface area (Å²) in [6.07, 6.45) is -2.26. The van der Waals surface area contributed by atoms with Gasteiger partial charge in [0.05, 0.1) is 11.7 Å². The van der Waals surface area contributed by atoms with E-state index in [0.717, 1.165) is 16.8 Å². The molecule has 39 heavy (non-hydrogen) atoms. The lowest BCUT2D eigenvalue weighted by molar-refractivity contribution is -0.274. The van der Waals surface area contributed by atoms with Crippen molar-refractivity contribution in [2.75, 3.05) is 13.1 Å². The number of benzene rings is 2. The lowest BCUT2D eigenvalue weighted by Gasteiger charge is -2.45. The Hall–Kier alpha value is -2.72. The van der Waals surface area contributed by atoms with E-state index in [4.69, 9.17) is 32.9 Å². The maximum atomic E-state index is 12.6. The second-order valence-electron chi connectivity index (χ2n) is 10.4. The van der Waals surface area contributed by atoms with Gasteiger partial charge in [-0.25, -0.2) is 0 Å². The summed E-state index contributed by atoms with van der Waals surface area (Å²) in [7, 11) is 0. The molecule has 1 fully saturated rings. The Morgan fingerprint density at radius 3 is 2.31 bits per heavy atom. The third-order valence-corrected chi connectivity index (χ3v) is 7.83. The molecule has 5 rings (SSSR count). The fraction of sp³-hybridized carbons (Fsp3) is 0.393. The zero-order chi connectivity index (χ0) is 28.0. The lowest BCUT2D eigenvalue weighted by atomic mass is 9.82. The van der Waals surface area contributed by atoms with Gasteiger partial charge in [0.25, 0.3) is 0 Å². The third-order valence-electron chi connectivity index (χ3n) is 7.39. The van der Waals surface area contributed by atoms with Crippen molar-refractivity contribution in [2.45, 2.75) is 56.3 Å². The lowest BCUT2D eigenvalue weighted by Crippen LogP contribution is -2.49. The first-order valence-corrected chi connectivity index (χ1v) is 13.2. The number of halogens is 5. The number of hydrogen-bond donors (Lipinski definition) is 0. The summed E-state index contributed by atoms with van der Waals surface area (Å²) in [5.74, 6) is -0.325. The Kier molecular flexibility index (Phi) is 7.39. The Balaban J connectivity index is 1.41. The number of alkyl halides is 3. The van der Waals surface area contributed by atoms with E-state index < -0.39 is 23.5 Å². The molecule has 2 atom stereocenters. The zero-order valence-corrected chi connectivity index (χ0v) is 22.7. The monoisotopic (exact) mass is 579 g/mol. The summed E-state index contributed by atoms with van der Waals surface area (Å²) in [5, 5.41) is 4.40. The van der Waals surface area contributed by atoms with Gasteiger partial charge in [-0.2, -0.15) is 4.91 Å². The number of nitroso groups, excluding NO2 is 1. The minimum Gasteiger partial charge on any atom is -0.406 e. The quantitative estimate of drug-likeness (QED) is 0.277. The number of ether oxygens (including phenoxy) is 2. The van der Waals surface area contributed by atoms with Crippen LogP contribution in [-0.2, 0) is 10.3 Å². The molecular formula is C28H26Cl2F3N3O3. The minimum atomic E-state index is -4.79. The van der Waals surface area contributed by atoms with E-state index >= 15 is 0 Å². The first-order valence-electron chi connectivity index (χ1n) is 12.4. The van der Waals surface area contributed by atoms with Crippen LogP contribution < -0.4 is 4.74 Å². The van der Waals surface area contributed by atoms with Crippen LogP contribution in [0.4, 0.5) is 13.2 Å².